The first-order chi connectivity index (χ1) is 14.1. The quantitative estimate of drug-likeness (QED) is 0.347. The molecule has 29 heavy (non-hydrogen) atoms. The molecule has 0 unspecified atom stereocenters. The predicted octanol–water partition coefficient (Wildman–Crippen LogP) is 3.52. The van der Waals surface area contributed by atoms with Gasteiger partial charge in [0.1, 0.15) is 5.75 Å². The molecule has 0 bridgehead atoms. The van der Waals surface area contributed by atoms with E-state index in [1.165, 1.54) is 16.3 Å². The van der Waals surface area contributed by atoms with Crippen LogP contribution in [0.4, 0.5) is 0 Å². The number of ether oxygens (including phenoxy) is 1. The van der Waals surface area contributed by atoms with Crippen LogP contribution in [-0.4, -0.2) is 37.8 Å². The number of hydrogen-bond donors (Lipinski definition) is 0. The summed E-state index contributed by atoms with van der Waals surface area (Å²) in [6.45, 7) is 0. The van der Waals surface area contributed by atoms with E-state index in [4.69, 9.17) is 16.3 Å². The van der Waals surface area contributed by atoms with Crippen LogP contribution in [0, 0.1) is 0 Å². The van der Waals surface area contributed by atoms with Crippen molar-refractivity contribution in [3.05, 3.63) is 81.9 Å². The largest absolute Gasteiger partial charge is 0.497 e. The van der Waals surface area contributed by atoms with Crippen LogP contribution in [0.1, 0.15) is 10.4 Å². The Morgan fingerprint density at radius 2 is 1.97 bits per heavy atom. The van der Waals surface area contributed by atoms with Gasteiger partial charge in [0, 0.05) is 29.0 Å². The number of nitrogens with zero attached hydrogens (tertiary/aromatic N) is 4. The van der Waals surface area contributed by atoms with Gasteiger partial charge in [-0.15, -0.1) is 10.2 Å². The molecule has 0 fully saturated rings. The third-order valence-corrected chi connectivity index (χ3v) is 5.43. The van der Waals surface area contributed by atoms with Crippen LogP contribution in [0.5, 0.6) is 5.75 Å². The zero-order chi connectivity index (χ0) is 20.4. The average molecular weight is 427 g/mol. The number of Topliss-reactive ketones (excluding diaryl/α,β-unsaturated/α-hetero) is 1. The lowest BCUT2D eigenvalue weighted by atomic mass is 10.1. The number of aromatic nitrogens is 4. The van der Waals surface area contributed by atoms with Gasteiger partial charge in [0.15, 0.2) is 10.9 Å². The zero-order valence-electron chi connectivity index (χ0n) is 15.3. The number of ketones is 1. The van der Waals surface area contributed by atoms with E-state index in [9.17, 15) is 9.59 Å². The Kier molecular flexibility index (Phi) is 5.37. The summed E-state index contributed by atoms with van der Waals surface area (Å²) in [5, 5.41) is 9.04. The van der Waals surface area contributed by atoms with Crippen LogP contribution in [-0.2, 0) is 0 Å². The summed E-state index contributed by atoms with van der Waals surface area (Å²) in [6.07, 6.45) is 3.33. The molecular weight excluding hydrogens is 412 g/mol. The molecule has 2 aromatic heterocycles. The smallest absolute Gasteiger partial charge is 0.300 e. The number of carbonyl (C=O) groups is 1. The standard InChI is InChI=1S/C20H15ClN4O3S/c1-28-16-7-3-6-15(11-16)24-8-9-25-18(19(24)27)22-23-20(25)29-12-17(26)13-4-2-5-14(21)10-13/h2-11H,12H2,1H3. The summed E-state index contributed by atoms with van der Waals surface area (Å²) in [5.41, 5.74) is 1.04. The van der Waals surface area contributed by atoms with Crippen molar-refractivity contribution in [2.45, 2.75) is 5.16 Å². The van der Waals surface area contributed by atoms with Crippen molar-refractivity contribution in [1.82, 2.24) is 19.2 Å². The molecular formula is C20H15ClN4O3S. The Morgan fingerprint density at radius 3 is 2.76 bits per heavy atom. The number of fused-ring (bicyclic) bond motifs is 1. The van der Waals surface area contributed by atoms with E-state index < -0.39 is 0 Å². The second kappa shape index (κ2) is 8.10. The minimum absolute atomic E-state index is 0.0843. The highest BCUT2D eigenvalue weighted by atomic mass is 35.5. The van der Waals surface area contributed by atoms with Crippen LogP contribution in [0.3, 0.4) is 0 Å². The van der Waals surface area contributed by atoms with Gasteiger partial charge >= 0.3 is 5.56 Å². The minimum Gasteiger partial charge on any atom is -0.497 e. The molecule has 0 spiro atoms. The normalized spacial score (nSPS) is 11.0. The van der Waals surface area contributed by atoms with Crippen molar-refractivity contribution < 1.29 is 9.53 Å². The van der Waals surface area contributed by atoms with Crippen molar-refractivity contribution in [2.75, 3.05) is 12.9 Å². The molecule has 0 aliphatic carbocycles. The van der Waals surface area contributed by atoms with Gasteiger partial charge in [-0.05, 0) is 24.3 Å². The summed E-state index contributed by atoms with van der Waals surface area (Å²) >= 11 is 7.15. The third kappa shape index (κ3) is 3.90. The fourth-order valence-electron chi connectivity index (χ4n) is 2.80. The van der Waals surface area contributed by atoms with Gasteiger partial charge in [-0.3, -0.25) is 18.6 Å². The van der Waals surface area contributed by atoms with E-state index in [-0.39, 0.29) is 22.7 Å². The molecule has 0 amide bonds. The molecule has 0 saturated carbocycles. The molecule has 9 heteroatoms. The first kappa shape index (κ1) is 19.2. The van der Waals surface area contributed by atoms with Gasteiger partial charge in [-0.2, -0.15) is 0 Å². The van der Waals surface area contributed by atoms with Crippen LogP contribution >= 0.6 is 23.4 Å². The van der Waals surface area contributed by atoms with E-state index in [1.54, 1.807) is 72.4 Å². The number of halogens is 1. The van der Waals surface area contributed by atoms with Crippen molar-refractivity contribution in [3.63, 3.8) is 0 Å². The van der Waals surface area contributed by atoms with Crippen molar-refractivity contribution in [3.8, 4) is 11.4 Å². The number of rotatable bonds is 6. The molecule has 0 saturated heterocycles. The van der Waals surface area contributed by atoms with Crippen molar-refractivity contribution in [2.24, 2.45) is 0 Å². The molecule has 0 N–H and O–H groups in total. The lowest BCUT2D eigenvalue weighted by molar-refractivity contribution is 0.102. The SMILES string of the molecule is COc1cccc(-n2ccn3c(SCC(=O)c4cccc(Cl)c4)nnc3c2=O)c1. The molecule has 0 radical (unpaired) electrons. The maximum absolute atomic E-state index is 12.8. The van der Waals surface area contributed by atoms with Crippen molar-refractivity contribution in [1.29, 1.82) is 0 Å². The first-order valence-corrected chi connectivity index (χ1v) is 9.95. The fraction of sp³-hybridized carbons (Fsp3) is 0.100. The number of thioether (sulfide) groups is 1. The second-order valence-corrected chi connectivity index (χ2v) is 7.45. The average Bonchev–Trinajstić information content (AvgIpc) is 3.16. The Balaban J connectivity index is 1.60. The zero-order valence-corrected chi connectivity index (χ0v) is 16.9. The number of benzene rings is 2. The summed E-state index contributed by atoms with van der Waals surface area (Å²) in [4.78, 5) is 25.2. The van der Waals surface area contributed by atoms with Gasteiger partial charge in [0.2, 0.25) is 5.65 Å². The number of methoxy groups -OCH3 is 1. The summed E-state index contributed by atoms with van der Waals surface area (Å²) in [7, 11) is 1.57. The van der Waals surface area contributed by atoms with E-state index in [1.807, 2.05) is 0 Å². The van der Waals surface area contributed by atoms with E-state index in [2.05, 4.69) is 10.2 Å². The van der Waals surface area contributed by atoms with Crippen LogP contribution < -0.4 is 10.3 Å². The van der Waals surface area contributed by atoms with Gasteiger partial charge < -0.3 is 4.74 Å². The van der Waals surface area contributed by atoms with E-state index >= 15 is 0 Å². The lowest BCUT2D eigenvalue weighted by Gasteiger charge is -2.08. The third-order valence-electron chi connectivity index (χ3n) is 4.25. The highest BCUT2D eigenvalue weighted by Gasteiger charge is 2.14. The Hall–Kier alpha value is -3.10. The first-order valence-electron chi connectivity index (χ1n) is 8.59. The highest BCUT2D eigenvalue weighted by Crippen LogP contribution is 2.20. The summed E-state index contributed by atoms with van der Waals surface area (Å²) in [6, 6.07) is 13.9. The summed E-state index contributed by atoms with van der Waals surface area (Å²) in [5.74, 6) is 0.714. The number of carbonyl (C=O) groups excluding carboxylic acids is 1. The minimum atomic E-state index is -0.318. The molecule has 2 aromatic carbocycles. The molecule has 2 heterocycles. The maximum Gasteiger partial charge on any atom is 0.300 e. The van der Waals surface area contributed by atoms with Crippen LogP contribution in [0.25, 0.3) is 11.3 Å². The van der Waals surface area contributed by atoms with E-state index in [0.717, 1.165) is 0 Å². The Labute approximate surface area is 174 Å². The predicted molar refractivity (Wildman–Crippen MR) is 112 cm³/mol. The summed E-state index contributed by atoms with van der Waals surface area (Å²) < 4.78 is 8.26. The van der Waals surface area contributed by atoms with Gasteiger partial charge in [0.25, 0.3) is 0 Å². The highest BCUT2D eigenvalue weighted by molar-refractivity contribution is 7.99. The van der Waals surface area contributed by atoms with Gasteiger partial charge in [-0.1, -0.05) is 41.6 Å². The van der Waals surface area contributed by atoms with Crippen LogP contribution in [0.15, 0.2) is 70.9 Å². The topological polar surface area (TPSA) is 78.5 Å². The molecule has 0 aliphatic rings. The van der Waals surface area contributed by atoms with Crippen LogP contribution in [0.2, 0.25) is 5.02 Å². The lowest BCUT2D eigenvalue weighted by Crippen LogP contribution is -2.20. The maximum atomic E-state index is 12.8. The molecule has 4 rings (SSSR count). The molecule has 146 valence electrons. The fourth-order valence-corrected chi connectivity index (χ4v) is 3.81. The molecule has 7 nitrogen and oxygen atoms in total. The Morgan fingerprint density at radius 1 is 1.14 bits per heavy atom. The molecule has 0 aliphatic heterocycles. The molecule has 0 atom stereocenters. The van der Waals surface area contributed by atoms with Gasteiger partial charge in [-0.25, -0.2) is 0 Å². The van der Waals surface area contributed by atoms with E-state index in [0.29, 0.717) is 27.2 Å². The van der Waals surface area contributed by atoms with Crippen molar-refractivity contribution >= 4 is 34.8 Å². The number of hydrogen-bond acceptors (Lipinski definition) is 6. The van der Waals surface area contributed by atoms with Gasteiger partial charge in [0.05, 0.1) is 18.6 Å². The second-order valence-electron chi connectivity index (χ2n) is 6.07. The molecule has 4 aromatic rings. The monoisotopic (exact) mass is 426 g/mol. The Bertz CT molecular complexity index is 1270.